The highest BCUT2D eigenvalue weighted by Gasteiger charge is 2.27. The monoisotopic (exact) mass is 372 g/mol. The van der Waals surface area contributed by atoms with Gasteiger partial charge in [0.15, 0.2) is 5.78 Å². The molecule has 0 aromatic heterocycles. The Morgan fingerprint density at radius 3 is 2.48 bits per heavy atom. The van der Waals surface area contributed by atoms with E-state index in [1.165, 1.54) is 32.1 Å². The minimum atomic E-state index is -0.00708. The van der Waals surface area contributed by atoms with E-state index in [0.29, 0.717) is 11.6 Å². The Balaban J connectivity index is 1.42. The molecule has 27 heavy (non-hydrogen) atoms. The Kier molecular flexibility index (Phi) is 7.27. The molecule has 2 fully saturated rings. The second-order valence-corrected chi connectivity index (χ2v) is 7.85. The van der Waals surface area contributed by atoms with Gasteiger partial charge < -0.3 is 10.1 Å². The molecular weight excluding hydrogens is 340 g/mol. The molecule has 1 saturated heterocycles. The van der Waals surface area contributed by atoms with Gasteiger partial charge in [0.25, 0.3) is 0 Å². The first-order valence-electron chi connectivity index (χ1n) is 10.4. The third kappa shape index (κ3) is 5.80. The van der Waals surface area contributed by atoms with Crippen LogP contribution in [0.15, 0.2) is 24.3 Å². The highest BCUT2D eigenvalue weighted by Crippen LogP contribution is 2.25. The summed E-state index contributed by atoms with van der Waals surface area (Å²) in [5.74, 6) is 0.719. The lowest BCUT2D eigenvalue weighted by Gasteiger charge is -2.40. The average molecular weight is 373 g/mol. The number of benzene rings is 1. The van der Waals surface area contributed by atoms with Crippen molar-refractivity contribution in [1.29, 1.82) is 0 Å². The predicted octanol–water partition coefficient (Wildman–Crippen LogP) is 3.57. The molecule has 1 heterocycles. The van der Waals surface area contributed by atoms with E-state index in [1.807, 2.05) is 0 Å². The summed E-state index contributed by atoms with van der Waals surface area (Å²) in [5, 5.41) is 3.16. The van der Waals surface area contributed by atoms with Crippen molar-refractivity contribution in [3.05, 3.63) is 29.8 Å². The number of hydrogen-bond acceptors (Lipinski definition) is 4. The van der Waals surface area contributed by atoms with E-state index < -0.39 is 0 Å². The van der Waals surface area contributed by atoms with E-state index in [-0.39, 0.29) is 30.6 Å². The molecule has 5 heteroatoms. The van der Waals surface area contributed by atoms with Crippen LogP contribution in [0.25, 0.3) is 0 Å². The van der Waals surface area contributed by atoms with Crippen LogP contribution in [0, 0.1) is 0 Å². The van der Waals surface area contributed by atoms with Crippen molar-refractivity contribution in [3.63, 3.8) is 0 Å². The molecule has 1 aromatic rings. The minimum Gasteiger partial charge on any atom is -0.497 e. The zero-order valence-electron chi connectivity index (χ0n) is 16.4. The first kappa shape index (κ1) is 19.9. The highest BCUT2D eigenvalue weighted by atomic mass is 16.5. The summed E-state index contributed by atoms with van der Waals surface area (Å²) in [5.41, 5.74) is 0.629. The Labute approximate surface area is 162 Å². The number of nitrogens with one attached hydrogen (secondary N) is 1. The summed E-state index contributed by atoms with van der Waals surface area (Å²) in [6, 6.07) is 7.98. The van der Waals surface area contributed by atoms with Gasteiger partial charge in [0.2, 0.25) is 5.91 Å². The summed E-state index contributed by atoms with van der Waals surface area (Å²) in [4.78, 5) is 27.2. The number of ether oxygens (including phenoxy) is 1. The Morgan fingerprint density at radius 1 is 1.04 bits per heavy atom. The number of methoxy groups -OCH3 is 1. The summed E-state index contributed by atoms with van der Waals surface area (Å²) in [7, 11) is 1.60. The molecule has 1 atom stereocenters. The molecule has 2 aliphatic rings. The molecule has 1 amide bonds. The fraction of sp³-hybridized carbons (Fsp3) is 0.636. The molecule has 0 spiro atoms. The van der Waals surface area contributed by atoms with Crippen LogP contribution < -0.4 is 10.1 Å². The van der Waals surface area contributed by atoms with Gasteiger partial charge in [0.1, 0.15) is 5.75 Å². The van der Waals surface area contributed by atoms with E-state index in [9.17, 15) is 9.59 Å². The molecule has 1 saturated carbocycles. The number of rotatable bonds is 7. The van der Waals surface area contributed by atoms with Crippen molar-refractivity contribution in [1.82, 2.24) is 10.2 Å². The highest BCUT2D eigenvalue weighted by molar-refractivity contribution is 5.98. The smallest absolute Gasteiger partial charge is 0.220 e. The van der Waals surface area contributed by atoms with E-state index in [4.69, 9.17) is 4.74 Å². The van der Waals surface area contributed by atoms with Gasteiger partial charge in [-0.2, -0.15) is 0 Å². The molecule has 1 unspecified atom stereocenters. The molecule has 3 rings (SSSR count). The third-order valence-electron chi connectivity index (χ3n) is 5.90. The number of piperidine rings is 1. The van der Waals surface area contributed by atoms with Gasteiger partial charge >= 0.3 is 0 Å². The quantitative estimate of drug-likeness (QED) is 0.744. The maximum Gasteiger partial charge on any atom is 0.220 e. The van der Waals surface area contributed by atoms with Gasteiger partial charge in [-0.1, -0.05) is 19.3 Å². The zero-order valence-corrected chi connectivity index (χ0v) is 16.4. The van der Waals surface area contributed by atoms with Crippen LogP contribution in [0.3, 0.4) is 0 Å². The van der Waals surface area contributed by atoms with Crippen molar-refractivity contribution >= 4 is 11.7 Å². The van der Waals surface area contributed by atoms with Crippen LogP contribution >= 0.6 is 0 Å². The van der Waals surface area contributed by atoms with Crippen molar-refractivity contribution in [2.45, 2.75) is 69.9 Å². The van der Waals surface area contributed by atoms with Gasteiger partial charge in [0, 0.05) is 37.0 Å². The summed E-state index contributed by atoms with van der Waals surface area (Å²) >= 11 is 0. The summed E-state index contributed by atoms with van der Waals surface area (Å²) in [6.07, 6.45) is 9.34. The van der Waals surface area contributed by atoms with Crippen molar-refractivity contribution in [2.24, 2.45) is 0 Å². The number of hydrogen-bond donors (Lipinski definition) is 1. The first-order valence-corrected chi connectivity index (χ1v) is 10.4. The fourth-order valence-electron chi connectivity index (χ4n) is 4.35. The van der Waals surface area contributed by atoms with Crippen LogP contribution in [0.2, 0.25) is 0 Å². The molecule has 1 aliphatic heterocycles. The molecule has 148 valence electrons. The molecular formula is C22H32N2O3. The van der Waals surface area contributed by atoms with Crippen LogP contribution in [0.1, 0.15) is 68.1 Å². The lowest BCUT2D eigenvalue weighted by atomic mass is 9.92. The lowest BCUT2D eigenvalue weighted by Crippen LogP contribution is -2.51. The molecule has 0 bridgehead atoms. The zero-order chi connectivity index (χ0) is 19.1. The van der Waals surface area contributed by atoms with Gasteiger partial charge in [0.05, 0.1) is 7.11 Å². The Morgan fingerprint density at radius 2 is 1.78 bits per heavy atom. The maximum atomic E-state index is 12.3. The van der Waals surface area contributed by atoms with E-state index in [0.717, 1.165) is 31.7 Å². The van der Waals surface area contributed by atoms with E-state index in [1.54, 1.807) is 31.4 Å². The fourth-order valence-corrected chi connectivity index (χ4v) is 4.35. The molecule has 1 N–H and O–H groups in total. The minimum absolute atomic E-state index is 0.000259. The van der Waals surface area contributed by atoms with Crippen LogP contribution in [-0.2, 0) is 4.79 Å². The molecule has 5 nitrogen and oxygen atoms in total. The summed E-state index contributed by atoms with van der Waals surface area (Å²) in [6.45, 7) is 2.12. The van der Waals surface area contributed by atoms with E-state index in [2.05, 4.69) is 10.2 Å². The molecule has 0 radical (unpaired) electrons. The van der Waals surface area contributed by atoms with Gasteiger partial charge in [-0.3, -0.25) is 14.5 Å². The number of carbonyl (C=O) groups excluding carboxylic acids is 2. The number of Topliss-reactive ketones (excluding diaryl/α,β-unsaturated/α-hetero) is 1. The number of amides is 1. The van der Waals surface area contributed by atoms with Crippen molar-refractivity contribution in [2.75, 3.05) is 20.2 Å². The SMILES string of the molecule is COc1ccc(C(=O)CCC(=O)NC2CCCN(C3CCCCC3)C2)cc1. The number of likely N-dealkylation sites (tertiary alicyclic amines) is 1. The lowest BCUT2D eigenvalue weighted by molar-refractivity contribution is -0.122. The Hall–Kier alpha value is -1.88. The van der Waals surface area contributed by atoms with Crippen LogP contribution in [0.4, 0.5) is 0 Å². The second kappa shape index (κ2) is 9.88. The van der Waals surface area contributed by atoms with Gasteiger partial charge in [-0.25, -0.2) is 0 Å². The standard InChI is InChI=1S/C22H32N2O3/c1-27-20-11-9-17(10-12-20)21(25)13-14-22(26)23-18-6-5-15-24(16-18)19-7-3-2-4-8-19/h9-12,18-19H,2-8,13-16H2,1H3,(H,23,26). The van der Waals surface area contributed by atoms with Crippen molar-refractivity contribution in [3.8, 4) is 5.75 Å². The molecule has 1 aliphatic carbocycles. The summed E-state index contributed by atoms with van der Waals surface area (Å²) < 4.78 is 5.10. The number of ketones is 1. The number of nitrogens with zero attached hydrogens (tertiary/aromatic N) is 1. The first-order chi connectivity index (χ1) is 13.2. The second-order valence-electron chi connectivity index (χ2n) is 7.85. The third-order valence-corrected chi connectivity index (χ3v) is 5.90. The number of carbonyl (C=O) groups is 2. The van der Waals surface area contributed by atoms with Crippen LogP contribution in [-0.4, -0.2) is 48.9 Å². The van der Waals surface area contributed by atoms with Crippen LogP contribution in [0.5, 0.6) is 5.75 Å². The average Bonchev–Trinajstić information content (AvgIpc) is 2.73. The topological polar surface area (TPSA) is 58.6 Å². The normalized spacial score (nSPS) is 21.6. The maximum absolute atomic E-state index is 12.3. The molecule has 1 aromatic carbocycles. The largest absolute Gasteiger partial charge is 0.497 e. The van der Waals surface area contributed by atoms with Gasteiger partial charge in [-0.15, -0.1) is 0 Å². The predicted molar refractivity (Wildman–Crippen MR) is 106 cm³/mol. The Bertz CT molecular complexity index is 623. The van der Waals surface area contributed by atoms with Crippen molar-refractivity contribution < 1.29 is 14.3 Å². The van der Waals surface area contributed by atoms with E-state index >= 15 is 0 Å². The van der Waals surface area contributed by atoms with Gasteiger partial charge in [-0.05, 0) is 56.5 Å².